The molecule has 11 heavy (non-hydrogen) atoms. The third-order valence-electron chi connectivity index (χ3n) is 1.34. The van der Waals surface area contributed by atoms with Gasteiger partial charge in [-0.2, -0.15) is 0 Å². The van der Waals surface area contributed by atoms with E-state index in [0.29, 0.717) is 0 Å². The van der Waals surface area contributed by atoms with Crippen LogP contribution in [-0.4, -0.2) is 11.4 Å². The Morgan fingerprint density at radius 2 is 2.36 bits per heavy atom. The van der Waals surface area contributed by atoms with Crippen LogP contribution in [0.15, 0.2) is 22.7 Å². The van der Waals surface area contributed by atoms with Crippen LogP contribution in [0.5, 0.6) is 0 Å². The predicted octanol–water partition coefficient (Wildman–Crippen LogP) is 2.77. The van der Waals surface area contributed by atoms with Crippen molar-refractivity contribution in [3.05, 3.63) is 22.4 Å². The molecule has 0 aliphatic heterocycles. The highest BCUT2D eigenvalue weighted by molar-refractivity contribution is 7.27. The Morgan fingerprint density at radius 3 is 3.09 bits per heavy atom. The molecule has 2 aromatic rings. The van der Waals surface area contributed by atoms with Crippen molar-refractivity contribution < 1.29 is 5.21 Å². The topological polar surface area (TPSA) is 32.6 Å². The molecule has 56 valence electrons. The summed E-state index contributed by atoms with van der Waals surface area (Å²) in [6.07, 6.45) is 1.46. The quantitative estimate of drug-likeness (QED) is 0.411. The summed E-state index contributed by atoms with van der Waals surface area (Å²) in [7, 11) is 0. The SMILES string of the molecule is O/N=C/c1cc2sccc2s1. The summed E-state index contributed by atoms with van der Waals surface area (Å²) in [5.41, 5.74) is 0. The van der Waals surface area contributed by atoms with Gasteiger partial charge in [-0.25, -0.2) is 0 Å². The number of rotatable bonds is 1. The zero-order valence-electron chi connectivity index (χ0n) is 5.52. The second-order valence-electron chi connectivity index (χ2n) is 2.04. The van der Waals surface area contributed by atoms with E-state index in [9.17, 15) is 0 Å². The van der Waals surface area contributed by atoms with Crippen LogP contribution in [0.4, 0.5) is 0 Å². The summed E-state index contributed by atoms with van der Waals surface area (Å²) in [5.74, 6) is 0. The summed E-state index contributed by atoms with van der Waals surface area (Å²) in [5, 5.41) is 13.3. The first-order valence-corrected chi connectivity index (χ1v) is 4.74. The molecule has 2 rings (SSSR count). The van der Waals surface area contributed by atoms with Gasteiger partial charge in [-0.1, -0.05) is 5.16 Å². The third kappa shape index (κ3) is 1.15. The molecule has 0 aliphatic carbocycles. The molecule has 0 saturated carbocycles. The van der Waals surface area contributed by atoms with Gasteiger partial charge in [0.1, 0.15) is 0 Å². The smallest absolute Gasteiger partial charge is 0.0834 e. The highest BCUT2D eigenvalue weighted by Crippen LogP contribution is 2.28. The third-order valence-corrected chi connectivity index (χ3v) is 3.37. The second kappa shape index (κ2) is 2.64. The standard InChI is InChI=1S/C7H5NOS2/c9-8-4-5-3-7-6(11-5)1-2-10-7/h1-4,9H/b8-4+. The molecule has 0 atom stereocenters. The first-order chi connectivity index (χ1) is 5.40. The molecule has 0 aliphatic rings. The fourth-order valence-electron chi connectivity index (χ4n) is 0.905. The number of hydrogen-bond acceptors (Lipinski definition) is 4. The number of hydrogen-bond donors (Lipinski definition) is 1. The summed E-state index contributed by atoms with van der Waals surface area (Å²) < 4.78 is 2.51. The minimum absolute atomic E-state index is 0.995. The molecule has 0 radical (unpaired) electrons. The fraction of sp³-hybridized carbons (Fsp3) is 0. The van der Waals surface area contributed by atoms with Crippen molar-refractivity contribution in [2.75, 3.05) is 0 Å². The number of oxime groups is 1. The lowest BCUT2D eigenvalue weighted by Crippen LogP contribution is -1.67. The summed E-state index contributed by atoms with van der Waals surface area (Å²) in [4.78, 5) is 0.995. The van der Waals surface area contributed by atoms with E-state index in [1.807, 2.05) is 6.07 Å². The van der Waals surface area contributed by atoms with E-state index in [4.69, 9.17) is 5.21 Å². The molecule has 1 N–H and O–H groups in total. The summed E-state index contributed by atoms with van der Waals surface area (Å²) in [6, 6.07) is 4.09. The molecule has 4 heteroatoms. The molecule has 2 aromatic heterocycles. The van der Waals surface area contributed by atoms with Crippen LogP contribution < -0.4 is 0 Å². The molecule has 0 unspecified atom stereocenters. The minimum atomic E-state index is 0.995. The predicted molar refractivity (Wildman–Crippen MR) is 49.1 cm³/mol. The molecule has 0 amide bonds. The monoisotopic (exact) mass is 183 g/mol. The van der Waals surface area contributed by atoms with E-state index < -0.39 is 0 Å². The van der Waals surface area contributed by atoms with Crippen LogP contribution in [-0.2, 0) is 0 Å². The van der Waals surface area contributed by atoms with Gasteiger partial charge in [-0.15, -0.1) is 22.7 Å². The second-order valence-corrected chi connectivity index (χ2v) is 4.11. The zero-order valence-corrected chi connectivity index (χ0v) is 7.15. The maximum atomic E-state index is 8.26. The normalized spacial score (nSPS) is 11.6. The zero-order chi connectivity index (χ0) is 7.68. The Hall–Kier alpha value is -0.870. The number of thiophene rings is 2. The Labute approximate surface area is 71.4 Å². The van der Waals surface area contributed by atoms with E-state index in [0.717, 1.165) is 4.88 Å². The molecular weight excluding hydrogens is 178 g/mol. The first-order valence-electron chi connectivity index (χ1n) is 3.04. The Bertz CT molecular complexity index is 359. The van der Waals surface area contributed by atoms with Gasteiger partial charge in [0.25, 0.3) is 0 Å². The lowest BCUT2D eigenvalue weighted by Gasteiger charge is -1.75. The van der Waals surface area contributed by atoms with Gasteiger partial charge in [0.05, 0.1) is 11.1 Å². The largest absolute Gasteiger partial charge is 0.411 e. The lowest BCUT2D eigenvalue weighted by molar-refractivity contribution is 0.322. The van der Waals surface area contributed by atoms with Crippen LogP contribution in [0.3, 0.4) is 0 Å². The molecular formula is C7H5NOS2. The van der Waals surface area contributed by atoms with Gasteiger partial charge < -0.3 is 5.21 Å². The summed E-state index contributed by atoms with van der Waals surface area (Å²) >= 11 is 3.33. The molecule has 0 saturated heterocycles. The molecule has 0 aromatic carbocycles. The van der Waals surface area contributed by atoms with E-state index in [-0.39, 0.29) is 0 Å². The van der Waals surface area contributed by atoms with E-state index >= 15 is 0 Å². The average Bonchev–Trinajstić information content (AvgIpc) is 2.46. The first kappa shape index (κ1) is 6.82. The van der Waals surface area contributed by atoms with Crippen molar-refractivity contribution in [3.8, 4) is 0 Å². The maximum absolute atomic E-state index is 8.26. The Morgan fingerprint density at radius 1 is 1.45 bits per heavy atom. The van der Waals surface area contributed by atoms with Gasteiger partial charge in [-0.05, 0) is 17.5 Å². The lowest BCUT2D eigenvalue weighted by atomic mass is 10.5. The molecule has 0 bridgehead atoms. The van der Waals surface area contributed by atoms with Crippen molar-refractivity contribution in [3.63, 3.8) is 0 Å². The highest BCUT2D eigenvalue weighted by Gasteiger charge is 1.99. The molecule has 2 nitrogen and oxygen atoms in total. The van der Waals surface area contributed by atoms with Gasteiger partial charge in [0.2, 0.25) is 0 Å². The van der Waals surface area contributed by atoms with Gasteiger partial charge in [0, 0.05) is 9.40 Å². The van der Waals surface area contributed by atoms with Gasteiger partial charge >= 0.3 is 0 Å². The minimum Gasteiger partial charge on any atom is -0.411 e. The van der Waals surface area contributed by atoms with Crippen LogP contribution in [0.1, 0.15) is 4.88 Å². The van der Waals surface area contributed by atoms with Crippen LogP contribution in [0.2, 0.25) is 0 Å². The van der Waals surface area contributed by atoms with Crippen LogP contribution in [0.25, 0.3) is 9.40 Å². The van der Waals surface area contributed by atoms with Gasteiger partial charge in [-0.3, -0.25) is 0 Å². The van der Waals surface area contributed by atoms with Crippen molar-refractivity contribution in [1.82, 2.24) is 0 Å². The Kier molecular flexibility index (Phi) is 1.63. The fourth-order valence-corrected chi connectivity index (χ4v) is 2.89. The Balaban J connectivity index is 2.58. The van der Waals surface area contributed by atoms with Crippen LogP contribution >= 0.6 is 22.7 Å². The van der Waals surface area contributed by atoms with Crippen molar-refractivity contribution in [2.45, 2.75) is 0 Å². The molecule has 2 heterocycles. The van der Waals surface area contributed by atoms with E-state index in [2.05, 4.69) is 16.6 Å². The van der Waals surface area contributed by atoms with E-state index in [1.54, 1.807) is 22.7 Å². The molecule has 0 spiro atoms. The van der Waals surface area contributed by atoms with Crippen molar-refractivity contribution >= 4 is 38.3 Å². The van der Waals surface area contributed by atoms with Gasteiger partial charge in [0.15, 0.2) is 0 Å². The van der Waals surface area contributed by atoms with Crippen molar-refractivity contribution in [1.29, 1.82) is 0 Å². The van der Waals surface area contributed by atoms with Crippen molar-refractivity contribution in [2.24, 2.45) is 5.16 Å². The number of fused-ring (bicyclic) bond motifs is 1. The van der Waals surface area contributed by atoms with E-state index in [1.165, 1.54) is 15.6 Å². The van der Waals surface area contributed by atoms with Crippen LogP contribution in [0, 0.1) is 0 Å². The summed E-state index contributed by atoms with van der Waals surface area (Å²) in [6.45, 7) is 0. The number of nitrogens with zero attached hydrogens (tertiary/aromatic N) is 1. The maximum Gasteiger partial charge on any atom is 0.0834 e. The highest BCUT2D eigenvalue weighted by atomic mass is 32.1. The average molecular weight is 183 g/mol. The molecule has 0 fully saturated rings.